The Balaban J connectivity index is 2.24. The second-order valence-electron chi connectivity index (χ2n) is 4.74. The van der Waals surface area contributed by atoms with Gasteiger partial charge in [-0.05, 0) is 18.4 Å². The second kappa shape index (κ2) is 5.64. The fraction of sp³-hybridized carbons (Fsp3) is 0.417. The Bertz CT molecular complexity index is 564. The quantitative estimate of drug-likeness (QED) is 0.438. The highest BCUT2D eigenvalue weighted by Crippen LogP contribution is 2.35. The number of nitro benzene ring substituents is 1. The van der Waals surface area contributed by atoms with Gasteiger partial charge in [-0.25, -0.2) is 0 Å². The van der Waals surface area contributed by atoms with Crippen LogP contribution in [0, 0.1) is 16.0 Å². The minimum Gasteiger partial charge on any atom is -0.349 e. The molecule has 1 aromatic carbocycles. The summed E-state index contributed by atoms with van der Waals surface area (Å²) in [6.45, 7) is 2.06. The van der Waals surface area contributed by atoms with Crippen molar-refractivity contribution in [3.63, 3.8) is 0 Å². The molecular weight excluding hydrogens is 284 g/mol. The minimum atomic E-state index is -0.635. The van der Waals surface area contributed by atoms with Gasteiger partial charge >= 0.3 is 0 Å². The largest absolute Gasteiger partial charge is 0.349 e. The number of amides is 1. The van der Waals surface area contributed by atoms with Gasteiger partial charge < -0.3 is 10.7 Å². The van der Waals surface area contributed by atoms with Crippen molar-refractivity contribution in [3.05, 3.63) is 32.8 Å². The van der Waals surface area contributed by atoms with Crippen LogP contribution in [0.2, 0.25) is 5.02 Å². The normalized spacial score (nSPS) is 20.4. The summed E-state index contributed by atoms with van der Waals surface area (Å²) < 4.78 is 0. The molecule has 1 amide bonds. The molecule has 20 heavy (non-hydrogen) atoms. The van der Waals surface area contributed by atoms with Gasteiger partial charge in [0.1, 0.15) is 5.69 Å². The molecule has 2 rings (SSSR count). The first-order valence-corrected chi connectivity index (χ1v) is 6.61. The maximum absolute atomic E-state index is 12.0. The molecule has 108 valence electrons. The standard InChI is InChI=1S/C12H15ClN4O3/c1-2-6-4-9(6)15-12(18)7-3-8(13)11(16-14)10(5-7)17(19)20/h3,5-6,9,16H,2,4,14H2,1H3,(H,15,18). The summed E-state index contributed by atoms with van der Waals surface area (Å²) in [4.78, 5) is 22.4. The highest BCUT2D eigenvalue weighted by atomic mass is 35.5. The summed E-state index contributed by atoms with van der Waals surface area (Å²) in [6.07, 6.45) is 1.95. The van der Waals surface area contributed by atoms with Crippen LogP contribution in [0.5, 0.6) is 0 Å². The molecule has 1 fully saturated rings. The molecule has 2 unspecified atom stereocenters. The number of nitrogen functional groups attached to an aromatic ring is 1. The van der Waals surface area contributed by atoms with Gasteiger partial charge in [0.2, 0.25) is 0 Å². The van der Waals surface area contributed by atoms with Crippen LogP contribution in [0.1, 0.15) is 30.1 Å². The maximum Gasteiger partial charge on any atom is 0.295 e. The third kappa shape index (κ3) is 2.83. The Kier molecular flexibility index (Phi) is 4.10. The number of carbonyl (C=O) groups is 1. The molecule has 0 aliphatic heterocycles. The first-order valence-electron chi connectivity index (χ1n) is 6.23. The molecule has 0 bridgehead atoms. The van der Waals surface area contributed by atoms with Crippen LogP contribution in [-0.2, 0) is 0 Å². The Labute approximate surface area is 120 Å². The number of halogens is 1. The molecule has 0 heterocycles. The van der Waals surface area contributed by atoms with Crippen LogP contribution in [0.3, 0.4) is 0 Å². The van der Waals surface area contributed by atoms with E-state index in [2.05, 4.69) is 17.7 Å². The van der Waals surface area contributed by atoms with E-state index in [1.807, 2.05) is 0 Å². The zero-order valence-electron chi connectivity index (χ0n) is 10.9. The summed E-state index contributed by atoms with van der Waals surface area (Å²) in [7, 11) is 0. The average molecular weight is 299 g/mol. The van der Waals surface area contributed by atoms with Crippen molar-refractivity contribution in [2.24, 2.45) is 11.8 Å². The van der Waals surface area contributed by atoms with E-state index in [1.165, 1.54) is 12.1 Å². The van der Waals surface area contributed by atoms with Crippen molar-refractivity contribution < 1.29 is 9.72 Å². The van der Waals surface area contributed by atoms with Crippen molar-refractivity contribution in [1.29, 1.82) is 0 Å². The van der Waals surface area contributed by atoms with Gasteiger partial charge in [0, 0.05) is 17.7 Å². The van der Waals surface area contributed by atoms with Crippen LogP contribution in [0.15, 0.2) is 12.1 Å². The van der Waals surface area contributed by atoms with Crippen LogP contribution in [0.25, 0.3) is 0 Å². The van der Waals surface area contributed by atoms with Gasteiger partial charge in [-0.3, -0.25) is 20.8 Å². The molecular formula is C12H15ClN4O3. The highest BCUT2D eigenvalue weighted by molar-refractivity contribution is 6.34. The lowest BCUT2D eigenvalue weighted by molar-refractivity contribution is -0.384. The lowest BCUT2D eigenvalue weighted by atomic mass is 10.1. The maximum atomic E-state index is 12.0. The van der Waals surface area contributed by atoms with Crippen molar-refractivity contribution in [3.8, 4) is 0 Å². The highest BCUT2D eigenvalue weighted by Gasteiger charge is 2.36. The lowest BCUT2D eigenvalue weighted by Crippen LogP contribution is -2.27. The van der Waals surface area contributed by atoms with Gasteiger partial charge in [0.15, 0.2) is 0 Å². The van der Waals surface area contributed by atoms with Crippen LogP contribution >= 0.6 is 11.6 Å². The molecule has 7 nitrogen and oxygen atoms in total. The smallest absolute Gasteiger partial charge is 0.295 e. The Morgan fingerprint density at radius 3 is 2.80 bits per heavy atom. The molecule has 1 saturated carbocycles. The molecule has 1 aromatic rings. The number of rotatable bonds is 5. The van der Waals surface area contributed by atoms with Gasteiger partial charge in [0.05, 0.1) is 9.95 Å². The monoisotopic (exact) mass is 298 g/mol. The molecule has 0 radical (unpaired) electrons. The van der Waals surface area contributed by atoms with Crippen molar-refractivity contribution in [1.82, 2.24) is 5.32 Å². The van der Waals surface area contributed by atoms with E-state index < -0.39 is 4.92 Å². The molecule has 4 N–H and O–H groups in total. The van der Waals surface area contributed by atoms with E-state index in [9.17, 15) is 14.9 Å². The van der Waals surface area contributed by atoms with Crippen LogP contribution in [-0.4, -0.2) is 16.9 Å². The number of anilines is 1. The average Bonchev–Trinajstić information content (AvgIpc) is 3.15. The van der Waals surface area contributed by atoms with E-state index in [-0.39, 0.29) is 33.9 Å². The molecule has 0 spiro atoms. The Hall–Kier alpha value is -1.86. The molecule has 2 atom stereocenters. The fourth-order valence-electron chi connectivity index (χ4n) is 2.14. The number of nitrogens with two attached hydrogens (primary N) is 1. The number of nitrogens with one attached hydrogen (secondary N) is 2. The van der Waals surface area contributed by atoms with Crippen molar-refractivity contribution >= 4 is 28.9 Å². The Morgan fingerprint density at radius 1 is 1.60 bits per heavy atom. The summed E-state index contributed by atoms with van der Waals surface area (Å²) in [6, 6.07) is 2.68. The number of hydrogen-bond acceptors (Lipinski definition) is 5. The zero-order valence-corrected chi connectivity index (χ0v) is 11.6. The summed E-state index contributed by atoms with van der Waals surface area (Å²) >= 11 is 5.90. The predicted molar refractivity (Wildman–Crippen MR) is 75.6 cm³/mol. The predicted octanol–water partition coefficient (Wildman–Crippen LogP) is 2.06. The first kappa shape index (κ1) is 14.5. The number of hydrazine groups is 1. The third-order valence-corrected chi connectivity index (χ3v) is 3.73. The van der Waals surface area contributed by atoms with E-state index in [1.54, 1.807) is 0 Å². The number of carbonyl (C=O) groups excluding carboxylic acids is 1. The molecule has 0 aromatic heterocycles. The minimum absolute atomic E-state index is 0.00827. The molecule has 1 aliphatic rings. The van der Waals surface area contributed by atoms with Gasteiger partial charge in [0.25, 0.3) is 11.6 Å². The first-order chi connectivity index (χ1) is 9.47. The topological polar surface area (TPSA) is 110 Å². The van der Waals surface area contributed by atoms with Crippen molar-refractivity contribution in [2.75, 3.05) is 5.43 Å². The number of nitro groups is 1. The van der Waals surface area contributed by atoms with E-state index in [4.69, 9.17) is 17.4 Å². The SMILES string of the molecule is CCC1CC1NC(=O)c1cc(Cl)c(NN)c([N+](=O)[O-])c1. The zero-order chi connectivity index (χ0) is 14.9. The van der Waals surface area contributed by atoms with Crippen LogP contribution < -0.4 is 16.6 Å². The van der Waals surface area contributed by atoms with E-state index >= 15 is 0 Å². The van der Waals surface area contributed by atoms with Gasteiger partial charge in [-0.2, -0.15) is 0 Å². The Morgan fingerprint density at radius 2 is 2.30 bits per heavy atom. The molecule has 1 aliphatic carbocycles. The number of hydrogen-bond donors (Lipinski definition) is 3. The second-order valence-corrected chi connectivity index (χ2v) is 5.14. The summed E-state index contributed by atoms with van der Waals surface area (Å²) in [5, 5.41) is 13.8. The molecule has 8 heteroatoms. The van der Waals surface area contributed by atoms with Gasteiger partial charge in [-0.1, -0.05) is 24.9 Å². The number of benzene rings is 1. The summed E-state index contributed by atoms with van der Waals surface area (Å²) in [5.74, 6) is 5.34. The van der Waals surface area contributed by atoms with E-state index in [0.29, 0.717) is 5.92 Å². The third-order valence-electron chi connectivity index (χ3n) is 3.44. The molecule has 0 saturated heterocycles. The fourth-order valence-corrected chi connectivity index (χ4v) is 2.41. The lowest BCUT2D eigenvalue weighted by Gasteiger charge is -2.08. The van der Waals surface area contributed by atoms with Crippen molar-refractivity contribution in [2.45, 2.75) is 25.8 Å². The van der Waals surface area contributed by atoms with Crippen LogP contribution in [0.4, 0.5) is 11.4 Å². The van der Waals surface area contributed by atoms with Gasteiger partial charge in [-0.15, -0.1) is 0 Å². The van der Waals surface area contributed by atoms with E-state index in [0.717, 1.165) is 12.8 Å². The summed E-state index contributed by atoms with van der Waals surface area (Å²) in [5.41, 5.74) is 2.00. The number of nitrogens with zero attached hydrogens (tertiary/aromatic N) is 1.